The third kappa shape index (κ3) is 3.87. The SMILES string of the molecule is CCNC(Cc1ccc(C)cn1)c1cc(Br)ccc1F. The number of nitrogens with one attached hydrogen (secondary N) is 1. The zero-order valence-corrected chi connectivity index (χ0v) is 13.2. The summed E-state index contributed by atoms with van der Waals surface area (Å²) in [6.45, 7) is 4.81. The lowest BCUT2D eigenvalue weighted by Crippen LogP contribution is -2.24. The summed E-state index contributed by atoms with van der Waals surface area (Å²) in [4.78, 5) is 4.40. The Balaban J connectivity index is 2.26. The molecule has 4 heteroatoms. The average Bonchev–Trinajstić information content (AvgIpc) is 2.43. The van der Waals surface area contributed by atoms with Crippen LogP contribution < -0.4 is 5.32 Å². The van der Waals surface area contributed by atoms with E-state index in [-0.39, 0.29) is 11.9 Å². The molecule has 1 aromatic heterocycles. The molecular weight excluding hydrogens is 319 g/mol. The van der Waals surface area contributed by atoms with Gasteiger partial charge in [-0.1, -0.05) is 28.9 Å². The van der Waals surface area contributed by atoms with Crippen molar-refractivity contribution in [2.75, 3.05) is 6.54 Å². The number of aromatic nitrogens is 1. The van der Waals surface area contributed by atoms with Gasteiger partial charge >= 0.3 is 0 Å². The molecule has 0 aliphatic carbocycles. The first-order valence-corrected chi connectivity index (χ1v) is 7.49. The molecule has 2 rings (SSSR count). The first-order chi connectivity index (χ1) is 9.60. The van der Waals surface area contributed by atoms with E-state index in [1.54, 1.807) is 6.07 Å². The van der Waals surface area contributed by atoms with Gasteiger partial charge in [0, 0.05) is 34.4 Å². The summed E-state index contributed by atoms with van der Waals surface area (Å²) in [6.07, 6.45) is 2.51. The lowest BCUT2D eigenvalue weighted by Gasteiger charge is -2.19. The number of halogens is 2. The number of rotatable bonds is 5. The topological polar surface area (TPSA) is 24.9 Å². The van der Waals surface area contributed by atoms with Gasteiger partial charge in [0.25, 0.3) is 0 Å². The summed E-state index contributed by atoms with van der Waals surface area (Å²) in [5.74, 6) is -0.189. The third-order valence-electron chi connectivity index (χ3n) is 3.17. The molecule has 106 valence electrons. The van der Waals surface area contributed by atoms with Crippen LogP contribution in [0.1, 0.15) is 29.8 Å². The maximum Gasteiger partial charge on any atom is 0.128 e. The molecule has 0 radical (unpaired) electrons. The fourth-order valence-electron chi connectivity index (χ4n) is 2.15. The first-order valence-electron chi connectivity index (χ1n) is 6.70. The van der Waals surface area contributed by atoms with Crippen molar-refractivity contribution in [1.82, 2.24) is 10.3 Å². The van der Waals surface area contributed by atoms with E-state index in [1.807, 2.05) is 38.2 Å². The molecule has 1 aromatic carbocycles. The van der Waals surface area contributed by atoms with E-state index < -0.39 is 0 Å². The molecule has 1 atom stereocenters. The minimum Gasteiger partial charge on any atom is -0.310 e. The first kappa shape index (κ1) is 15.1. The Kier molecular flexibility index (Phi) is 5.26. The summed E-state index contributed by atoms with van der Waals surface area (Å²) >= 11 is 3.40. The monoisotopic (exact) mass is 336 g/mol. The maximum atomic E-state index is 14.0. The Morgan fingerprint density at radius 1 is 1.30 bits per heavy atom. The van der Waals surface area contributed by atoms with Crippen molar-refractivity contribution in [1.29, 1.82) is 0 Å². The van der Waals surface area contributed by atoms with Gasteiger partial charge in [0.05, 0.1) is 0 Å². The van der Waals surface area contributed by atoms with Gasteiger partial charge in [-0.3, -0.25) is 4.98 Å². The van der Waals surface area contributed by atoms with E-state index in [4.69, 9.17) is 0 Å². The number of hydrogen-bond acceptors (Lipinski definition) is 2. The van der Waals surface area contributed by atoms with E-state index >= 15 is 0 Å². The standard InChI is InChI=1S/C16H18BrFN2/c1-3-19-16(9-13-6-4-11(2)10-20-13)14-8-12(17)5-7-15(14)18/h4-8,10,16,19H,3,9H2,1-2H3. The third-order valence-corrected chi connectivity index (χ3v) is 3.66. The van der Waals surface area contributed by atoms with E-state index in [0.29, 0.717) is 12.0 Å². The number of nitrogens with zero attached hydrogens (tertiary/aromatic N) is 1. The van der Waals surface area contributed by atoms with Crippen LogP contribution in [-0.4, -0.2) is 11.5 Å². The molecule has 0 saturated heterocycles. The maximum absolute atomic E-state index is 14.0. The molecule has 0 amide bonds. The van der Waals surface area contributed by atoms with Gasteiger partial charge < -0.3 is 5.32 Å². The number of likely N-dealkylation sites (N-methyl/N-ethyl adjacent to an activating group) is 1. The molecule has 20 heavy (non-hydrogen) atoms. The Labute approximate surface area is 127 Å². The van der Waals surface area contributed by atoms with E-state index in [1.165, 1.54) is 6.07 Å². The predicted molar refractivity (Wildman–Crippen MR) is 83.2 cm³/mol. The van der Waals surface area contributed by atoms with E-state index in [2.05, 4.69) is 26.2 Å². The molecule has 0 aliphatic heterocycles. The van der Waals surface area contributed by atoms with Crippen LogP contribution >= 0.6 is 15.9 Å². The van der Waals surface area contributed by atoms with Gasteiger partial charge in [0.15, 0.2) is 0 Å². The fraction of sp³-hybridized carbons (Fsp3) is 0.312. The van der Waals surface area contributed by atoms with Gasteiger partial charge in [-0.15, -0.1) is 0 Å². The summed E-state index contributed by atoms with van der Waals surface area (Å²) < 4.78 is 14.9. The number of aryl methyl sites for hydroxylation is 1. The van der Waals surface area contributed by atoms with Gasteiger partial charge in [-0.2, -0.15) is 0 Å². The molecule has 2 nitrogen and oxygen atoms in total. The second kappa shape index (κ2) is 6.95. The normalized spacial score (nSPS) is 12.4. The number of hydrogen-bond donors (Lipinski definition) is 1. The van der Waals surface area contributed by atoms with Crippen LogP contribution in [0.5, 0.6) is 0 Å². The van der Waals surface area contributed by atoms with Crippen LogP contribution in [0.3, 0.4) is 0 Å². The van der Waals surface area contributed by atoms with Gasteiger partial charge in [0.2, 0.25) is 0 Å². The Hall–Kier alpha value is -1.26. The van der Waals surface area contributed by atoms with Crippen LogP contribution in [0.15, 0.2) is 41.0 Å². The van der Waals surface area contributed by atoms with Crippen molar-refractivity contribution in [2.45, 2.75) is 26.3 Å². The lowest BCUT2D eigenvalue weighted by atomic mass is 10.0. The van der Waals surface area contributed by atoms with Crippen LogP contribution in [0, 0.1) is 12.7 Å². The number of benzene rings is 1. The molecule has 0 aliphatic rings. The van der Waals surface area contributed by atoms with Crippen LogP contribution in [0.25, 0.3) is 0 Å². The second-order valence-corrected chi connectivity index (χ2v) is 5.72. The molecule has 2 aromatic rings. The van der Waals surface area contributed by atoms with Gasteiger partial charge in [-0.25, -0.2) is 4.39 Å². The summed E-state index contributed by atoms with van der Waals surface area (Å²) in [7, 11) is 0. The highest BCUT2D eigenvalue weighted by molar-refractivity contribution is 9.10. The highest BCUT2D eigenvalue weighted by atomic mass is 79.9. The van der Waals surface area contributed by atoms with Crippen LogP contribution in [-0.2, 0) is 6.42 Å². The van der Waals surface area contributed by atoms with Crippen molar-refractivity contribution in [3.63, 3.8) is 0 Å². The predicted octanol–water partition coefficient (Wildman–Crippen LogP) is 4.18. The van der Waals surface area contributed by atoms with Gasteiger partial charge in [-0.05, 0) is 43.3 Å². The van der Waals surface area contributed by atoms with E-state index in [0.717, 1.165) is 22.3 Å². The minimum absolute atomic E-state index is 0.0762. The van der Waals surface area contributed by atoms with Crippen LogP contribution in [0.2, 0.25) is 0 Å². The molecule has 0 fully saturated rings. The fourth-order valence-corrected chi connectivity index (χ4v) is 2.53. The quantitative estimate of drug-likeness (QED) is 0.885. The smallest absolute Gasteiger partial charge is 0.128 e. The van der Waals surface area contributed by atoms with Crippen molar-refractivity contribution < 1.29 is 4.39 Å². The molecule has 0 saturated carbocycles. The Morgan fingerprint density at radius 2 is 2.10 bits per heavy atom. The average molecular weight is 337 g/mol. The van der Waals surface area contributed by atoms with Crippen LogP contribution in [0.4, 0.5) is 4.39 Å². The van der Waals surface area contributed by atoms with Crippen molar-refractivity contribution >= 4 is 15.9 Å². The molecule has 1 heterocycles. The molecule has 0 spiro atoms. The summed E-state index contributed by atoms with van der Waals surface area (Å²) in [5.41, 5.74) is 2.76. The Morgan fingerprint density at radius 3 is 2.75 bits per heavy atom. The Bertz CT molecular complexity index is 569. The highest BCUT2D eigenvalue weighted by Gasteiger charge is 2.16. The lowest BCUT2D eigenvalue weighted by molar-refractivity contribution is 0.506. The number of pyridine rings is 1. The van der Waals surface area contributed by atoms with Crippen molar-refractivity contribution in [2.24, 2.45) is 0 Å². The van der Waals surface area contributed by atoms with Crippen molar-refractivity contribution in [3.8, 4) is 0 Å². The van der Waals surface area contributed by atoms with E-state index in [9.17, 15) is 4.39 Å². The molecular formula is C16H18BrFN2. The zero-order chi connectivity index (χ0) is 14.5. The summed E-state index contributed by atoms with van der Waals surface area (Å²) in [5, 5.41) is 3.33. The molecule has 1 N–H and O–H groups in total. The van der Waals surface area contributed by atoms with Gasteiger partial charge in [0.1, 0.15) is 5.82 Å². The second-order valence-electron chi connectivity index (χ2n) is 4.81. The van der Waals surface area contributed by atoms with Crippen molar-refractivity contribution in [3.05, 3.63) is 63.6 Å². The minimum atomic E-state index is -0.189. The molecule has 1 unspecified atom stereocenters. The molecule has 0 bridgehead atoms. The summed E-state index contributed by atoms with van der Waals surface area (Å²) in [6, 6.07) is 8.99. The highest BCUT2D eigenvalue weighted by Crippen LogP contribution is 2.24. The zero-order valence-electron chi connectivity index (χ0n) is 11.7. The largest absolute Gasteiger partial charge is 0.310 e.